The van der Waals surface area contributed by atoms with Gasteiger partial charge in [0, 0.05) is 17.5 Å². The van der Waals surface area contributed by atoms with Crippen molar-refractivity contribution in [3.63, 3.8) is 0 Å². The fourth-order valence-electron chi connectivity index (χ4n) is 1.39. The molecular weight excluding hydrogens is 226 g/mol. The summed E-state index contributed by atoms with van der Waals surface area (Å²) in [6.07, 6.45) is 2.86. The summed E-state index contributed by atoms with van der Waals surface area (Å²) in [5.41, 5.74) is 1.24. The lowest BCUT2D eigenvalue weighted by Gasteiger charge is -2.02. The highest BCUT2D eigenvalue weighted by molar-refractivity contribution is 7.73. The highest BCUT2D eigenvalue weighted by atomic mass is 32.1. The number of thiazole rings is 1. The van der Waals surface area contributed by atoms with Gasteiger partial charge < -0.3 is 9.72 Å². The molecule has 4 heteroatoms. The van der Waals surface area contributed by atoms with Crippen LogP contribution in [-0.2, 0) is 6.42 Å². The van der Waals surface area contributed by atoms with Gasteiger partial charge in [-0.1, -0.05) is 12.1 Å². The van der Waals surface area contributed by atoms with E-state index in [1.807, 2.05) is 24.4 Å². The summed E-state index contributed by atoms with van der Waals surface area (Å²) in [5.74, 6) is 0.895. The number of hydrogen-bond donors (Lipinski definition) is 1. The van der Waals surface area contributed by atoms with Crippen molar-refractivity contribution in [2.24, 2.45) is 0 Å². The summed E-state index contributed by atoms with van der Waals surface area (Å²) in [6.45, 7) is 0. The second kappa shape index (κ2) is 4.59. The second-order valence-electron chi connectivity index (χ2n) is 3.17. The molecule has 0 aliphatic rings. The van der Waals surface area contributed by atoms with E-state index >= 15 is 0 Å². The number of benzene rings is 1. The number of H-pyrrole nitrogens is 1. The lowest BCUT2D eigenvalue weighted by atomic mass is 10.1. The Bertz CT molecular complexity index is 501. The zero-order valence-corrected chi connectivity index (χ0v) is 9.95. The molecule has 0 saturated carbocycles. The molecule has 0 atom stereocenters. The Hall–Kier alpha value is -1.13. The molecule has 2 nitrogen and oxygen atoms in total. The number of methoxy groups -OCH3 is 1. The maximum atomic E-state index is 5.17. The molecule has 0 radical (unpaired) electrons. The Kier molecular flexibility index (Phi) is 3.18. The van der Waals surface area contributed by atoms with Crippen molar-refractivity contribution in [3.8, 4) is 5.75 Å². The van der Waals surface area contributed by atoms with Crippen molar-refractivity contribution in [2.75, 3.05) is 7.11 Å². The predicted octanol–water partition coefficient (Wildman–Crippen LogP) is 3.41. The van der Waals surface area contributed by atoms with Crippen LogP contribution in [0.15, 0.2) is 30.5 Å². The molecule has 0 unspecified atom stereocenters. The van der Waals surface area contributed by atoms with Gasteiger partial charge >= 0.3 is 0 Å². The van der Waals surface area contributed by atoms with Gasteiger partial charge in [0.2, 0.25) is 0 Å². The van der Waals surface area contributed by atoms with E-state index in [1.54, 1.807) is 18.4 Å². The monoisotopic (exact) mass is 237 g/mol. The molecule has 2 rings (SSSR count). The fourth-order valence-corrected chi connectivity index (χ4v) is 2.48. The van der Waals surface area contributed by atoms with Gasteiger partial charge in [-0.15, -0.1) is 11.3 Å². The van der Waals surface area contributed by atoms with Crippen molar-refractivity contribution >= 4 is 23.6 Å². The molecule has 0 amide bonds. The smallest absolute Gasteiger partial charge is 0.158 e. The van der Waals surface area contributed by atoms with Crippen LogP contribution in [0.2, 0.25) is 0 Å². The van der Waals surface area contributed by atoms with E-state index in [9.17, 15) is 0 Å². The van der Waals surface area contributed by atoms with E-state index in [0.29, 0.717) is 0 Å². The molecule has 1 N–H and O–H groups in total. The van der Waals surface area contributed by atoms with Gasteiger partial charge in [-0.2, -0.15) is 0 Å². The molecule has 0 spiro atoms. The van der Waals surface area contributed by atoms with E-state index in [0.717, 1.165) is 16.1 Å². The van der Waals surface area contributed by atoms with Crippen LogP contribution in [0.25, 0.3) is 0 Å². The molecule has 1 aromatic carbocycles. The first kappa shape index (κ1) is 10.4. The molecule has 0 aliphatic carbocycles. The lowest BCUT2D eigenvalue weighted by Crippen LogP contribution is -1.87. The van der Waals surface area contributed by atoms with Gasteiger partial charge in [0.1, 0.15) is 5.75 Å². The lowest BCUT2D eigenvalue weighted by molar-refractivity contribution is 0.414. The Morgan fingerprint density at radius 2 is 2.33 bits per heavy atom. The Balaban J connectivity index is 2.20. The minimum atomic E-state index is 0.827. The van der Waals surface area contributed by atoms with Gasteiger partial charge in [-0.3, -0.25) is 0 Å². The molecule has 78 valence electrons. The van der Waals surface area contributed by atoms with Crippen molar-refractivity contribution < 1.29 is 4.74 Å². The van der Waals surface area contributed by atoms with E-state index in [1.165, 1.54) is 10.4 Å². The Morgan fingerprint density at radius 1 is 1.47 bits per heavy atom. The van der Waals surface area contributed by atoms with Gasteiger partial charge in [0.15, 0.2) is 3.95 Å². The SMILES string of the molecule is COc1cccc(Cc2c[nH]c(=S)s2)c1. The van der Waals surface area contributed by atoms with Crippen molar-refractivity contribution in [2.45, 2.75) is 6.42 Å². The fraction of sp³-hybridized carbons (Fsp3) is 0.182. The Morgan fingerprint density at radius 3 is 3.00 bits per heavy atom. The van der Waals surface area contributed by atoms with Gasteiger partial charge in [0.05, 0.1) is 7.11 Å². The highest BCUT2D eigenvalue weighted by Crippen LogP contribution is 2.18. The third kappa shape index (κ3) is 2.67. The number of aromatic amines is 1. The van der Waals surface area contributed by atoms with E-state index < -0.39 is 0 Å². The topological polar surface area (TPSA) is 25.0 Å². The average Bonchev–Trinajstić information content (AvgIpc) is 2.64. The molecular formula is C11H11NOS2. The predicted molar refractivity (Wildman–Crippen MR) is 65.3 cm³/mol. The number of ether oxygens (including phenoxy) is 1. The summed E-state index contributed by atoms with van der Waals surface area (Å²) in [4.78, 5) is 4.26. The first-order valence-corrected chi connectivity index (χ1v) is 5.81. The van der Waals surface area contributed by atoms with Crippen LogP contribution >= 0.6 is 23.6 Å². The number of nitrogens with one attached hydrogen (secondary N) is 1. The van der Waals surface area contributed by atoms with Gasteiger partial charge in [0.25, 0.3) is 0 Å². The van der Waals surface area contributed by atoms with E-state index in [-0.39, 0.29) is 0 Å². The van der Waals surface area contributed by atoms with Crippen molar-refractivity contribution in [3.05, 3.63) is 44.9 Å². The maximum Gasteiger partial charge on any atom is 0.158 e. The molecule has 0 bridgehead atoms. The van der Waals surface area contributed by atoms with Crippen LogP contribution in [0.3, 0.4) is 0 Å². The molecule has 0 saturated heterocycles. The number of hydrogen-bond acceptors (Lipinski definition) is 3. The second-order valence-corrected chi connectivity index (χ2v) is 4.98. The van der Waals surface area contributed by atoms with Crippen LogP contribution in [0.5, 0.6) is 5.75 Å². The quantitative estimate of drug-likeness (QED) is 0.828. The average molecular weight is 237 g/mol. The summed E-state index contributed by atoms with van der Waals surface area (Å²) < 4.78 is 6.00. The van der Waals surface area contributed by atoms with Crippen LogP contribution < -0.4 is 4.74 Å². The molecule has 1 aromatic heterocycles. The van der Waals surface area contributed by atoms with Gasteiger partial charge in [-0.25, -0.2) is 0 Å². The van der Waals surface area contributed by atoms with Crippen LogP contribution in [-0.4, -0.2) is 12.1 Å². The number of aromatic nitrogens is 1. The summed E-state index contributed by atoms with van der Waals surface area (Å²) >= 11 is 6.65. The zero-order valence-electron chi connectivity index (χ0n) is 8.32. The number of rotatable bonds is 3. The molecule has 0 fully saturated rings. The summed E-state index contributed by atoms with van der Waals surface area (Å²) in [5, 5.41) is 0. The first-order valence-electron chi connectivity index (χ1n) is 4.58. The third-order valence-corrected chi connectivity index (χ3v) is 3.28. The first-order chi connectivity index (χ1) is 7.28. The largest absolute Gasteiger partial charge is 0.497 e. The summed E-state index contributed by atoms with van der Waals surface area (Å²) in [6, 6.07) is 8.08. The normalized spacial score (nSPS) is 10.2. The standard InChI is InChI=1S/C11H11NOS2/c1-13-9-4-2-3-8(5-9)6-10-7-12-11(14)15-10/h2-5,7H,6H2,1H3,(H,12,14). The van der Waals surface area contributed by atoms with Crippen molar-refractivity contribution in [1.82, 2.24) is 4.98 Å². The highest BCUT2D eigenvalue weighted by Gasteiger charge is 1.99. The van der Waals surface area contributed by atoms with Crippen molar-refractivity contribution in [1.29, 1.82) is 0 Å². The minimum Gasteiger partial charge on any atom is -0.497 e. The molecule has 15 heavy (non-hydrogen) atoms. The summed E-state index contributed by atoms with van der Waals surface area (Å²) in [7, 11) is 1.68. The van der Waals surface area contributed by atoms with E-state index in [2.05, 4.69) is 11.1 Å². The molecule has 2 aromatic rings. The molecule has 0 aliphatic heterocycles. The third-order valence-electron chi connectivity index (χ3n) is 2.09. The van der Waals surface area contributed by atoms with Crippen LogP contribution in [0.4, 0.5) is 0 Å². The van der Waals surface area contributed by atoms with Crippen LogP contribution in [0.1, 0.15) is 10.4 Å². The Labute approximate surface area is 97.6 Å². The van der Waals surface area contributed by atoms with Gasteiger partial charge in [-0.05, 0) is 29.9 Å². The zero-order chi connectivity index (χ0) is 10.7. The molecule has 1 heterocycles. The van der Waals surface area contributed by atoms with E-state index in [4.69, 9.17) is 17.0 Å². The maximum absolute atomic E-state index is 5.17. The minimum absolute atomic E-state index is 0.827. The van der Waals surface area contributed by atoms with Crippen LogP contribution in [0, 0.1) is 3.95 Å².